The zero-order valence-corrected chi connectivity index (χ0v) is 12.8. The second kappa shape index (κ2) is 8.63. The summed E-state index contributed by atoms with van der Waals surface area (Å²) in [5, 5.41) is 6.48. The van der Waals surface area contributed by atoms with Crippen molar-refractivity contribution in [2.24, 2.45) is 0 Å². The Morgan fingerprint density at radius 1 is 0.864 bits per heavy atom. The van der Waals surface area contributed by atoms with Gasteiger partial charge in [-0.3, -0.25) is 15.6 Å². The number of hydrazine groups is 1. The Morgan fingerprint density at radius 2 is 1.45 bits per heavy atom. The van der Waals surface area contributed by atoms with Gasteiger partial charge in [0, 0.05) is 24.3 Å². The molecule has 1 amide bonds. The highest BCUT2D eigenvalue weighted by Gasteiger charge is 2.02. The van der Waals surface area contributed by atoms with E-state index in [1.807, 2.05) is 60.7 Å². The number of rotatable bonds is 5. The number of nitrogens with one attached hydrogen (secondary N) is 4. The molecule has 0 unspecified atom stereocenters. The molecule has 0 aliphatic heterocycles. The van der Waals surface area contributed by atoms with Crippen molar-refractivity contribution < 1.29 is 4.79 Å². The van der Waals surface area contributed by atoms with E-state index in [2.05, 4.69) is 21.5 Å². The van der Waals surface area contributed by atoms with Crippen LogP contribution in [0.1, 0.15) is 6.42 Å². The molecule has 0 saturated carbocycles. The summed E-state index contributed by atoms with van der Waals surface area (Å²) in [6.45, 7) is 0.552. The first-order chi connectivity index (χ1) is 10.7. The lowest BCUT2D eigenvalue weighted by molar-refractivity contribution is -0.121. The molecule has 2 aromatic carbocycles. The van der Waals surface area contributed by atoms with Gasteiger partial charge >= 0.3 is 0 Å². The fourth-order valence-electron chi connectivity index (χ4n) is 1.75. The average Bonchev–Trinajstić information content (AvgIpc) is 2.55. The van der Waals surface area contributed by atoms with E-state index in [1.165, 1.54) is 0 Å². The summed E-state index contributed by atoms with van der Waals surface area (Å²) in [7, 11) is 0. The van der Waals surface area contributed by atoms with Gasteiger partial charge in [-0.2, -0.15) is 0 Å². The summed E-state index contributed by atoms with van der Waals surface area (Å²) in [6.07, 6.45) is 0.343. The second-order valence-corrected chi connectivity index (χ2v) is 4.94. The standard InChI is InChI=1S/C16H18N4OS/c21-15(11-12-17-13-7-3-1-4-8-13)19-20-16(22)18-14-9-5-2-6-10-14/h1-10,17H,11-12H2,(H,19,21)(H2,18,20,22). The molecule has 5 nitrogen and oxygen atoms in total. The first-order valence-electron chi connectivity index (χ1n) is 6.94. The van der Waals surface area contributed by atoms with Crippen LogP contribution in [0.5, 0.6) is 0 Å². The van der Waals surface area contributed by atoms with Crippen LogP contribution >= 0.6 is 12.2 Å². The number of thiocarbonyl (C=S) groups is 1. The van der Waals surface area contributed by atoms with Gasteiger partial charge in [-0.05, 0) is 36.5 Å². The van der Waals surface area contributed by atoms with Gasteiger partial charge in [0.1, 0.15) is 0 Å². The lowest BCUT2D eigenvalue weighted by Gasteiger charge is -2.12. The summed E-state index contributed by atoms with van der Waals surface area (Å²) in [5.74, 6) is -0.138. The molecule has 0 saturated heterocycles. The van der Waals surface area contributed by atoms with Gasteiger partial charge in [-0.1, -0.05) is 36.4 Å². The van der Waals surface area contributed by atoms with Crippen LogP contribution in [-0.4, -0.2) is 17.6 Å². The molecule has 0 spiro atoms. The van der Waals surface area contributed by atoms with E-state index in [4.69, 9.17) is 12.2 Å². The van der Waals surface area contributed by atoms with Crippen molar-refractivity contribution >= 4 is 34.6 Å². The molecule has 22 heavy (non-hydrogen) atoms. The number of anilines is 2. The van der Waals surface area contributed by atoms with Crippen LogP contribution in [0.2, 0.25) is 0 Å². The first kappa shape index (κ1) is 15.8. The highest BCUT2D eigenvalue weighted by atomic mass is 32.1. The Labute approximate surface area is 135 Å². The third-order valence-electron chi connectivity index (χ3n) is 2.80. The predicted octanol–water partition coefficient (Wildman–Crippen LogP) is 2.51. The number of benzene rings is 2. The van der Waals surface area contributed by atoms with Gasteiger partial charge in [0.25, 0.3) is 0 Å². The fraction of sp³-hybridized carbons (Fsp3) is 0.125. The van der Waals surface area contributed by atoms with Crippen LogP contribution < -0.4 is 21.5 Å². The van der Waals surface area contributed by atoms with Crippen molar-refractivity contribution in [3.05, 3.63) is 60.7 Å². The summed E-state index contributed by atoms with van der Waals surface area (Å²) >= 11 is 5.09. The van der Waals surface area contributed by atoms with E-state index in [0.29, 0.717) is 18.1 Å². The van der Waals surface area contributed by atoms with Gasteiger partial charge in [-0.25, -0.2) is 0 Å². The van der Waals surface area contributed by atoms with Crippen molar-refractivity contribution in [3.63, 3.8) is 0 Å². The molecule has 2 rings (SSSR count). The third kappa shape index (κ3) is 5.80. The van der Waals surface area contributed by atoms with Crippen molar-refractivity contribution in [2.75, 3.05) is 17.2 Å². The highest BCUT2D eigenvalue weighted by Crippen LogP contribution is 2.05. The smallest absolute Gasteiger partial charge is 0.240 e. The summed E-state index contributed by atoms with van der Waals surface area (Å²) in [5.41, 5.74) is 7.08. The second-order valence-electron chi connectivity index (χ2n) is 4.54. The molecule has 0 aliphatic carbocycles. The molecule has 4 N–H and O–H groups in total. The molecule has 114 valence electrons. The Balaban J connectivity index is 1.62. The fourth-order valence-corrected chi connectivity index (χ4v) is 1.92. The van der Waals surface area contributed by atoms with E-state index in [1.54, 1.807) is 0 Å². The van der Waals surface area contributed by atoms with Crippen LogP contribution in [0.4, 0.5) is 11.4 Å². The van der Waals surface area contributed by atoms with E-state index in [0.717, 1.165) is 11.4 Å². The van der Waals surface area contributed by atoms with Gasteiger partial charge in [-0.15, -0.1) is 0 Å². The lowest BCUT2D eigenvalue weighted by atomic mass is 10.3. The summed E-state index contributed by atoms with van der Waals surface area (Å²) < 4.78 is 0. The molecule has 0 fully saturated rings. The largest absolute Gasteiger partial charge is 0.385 e. The summed E-state index contributed by atoms with van der Waals surface area (Å²) in [4.78, 5) is 11.7. The maximum Gasteiger partial charge on any atom is 0.240 e. The number of para-hydroxylation sites is 2. The zero-order chi connectivity index (χ0) is 15.6. The minimum atomic E-state index is -0.138. The maximum atomic E-state index is 11.7. The Bertz CT molecular complexity index is 604. The number of carbonyl (C=O) groups excluding carboxylic acids is 1. The van der Waals surface area contributed by atoms with Crippen molar-refractivity contribution in [2.45, 2.75) is 6.42 Å². The molecular weight excluding hydrogens is 296 g/mol. The van der Waals surface area contributed by atoms with E-state index < -0.39 is 0 Å². The lowest BCUT2D eigenvalue weighted by Crippen LogP contribution is -2.44. The Hall–Kier alpha value is -2.60. The van der Waals surface area contributed by atoms with Gasteiger partial charge in [0.05, 0.1) is 0 Å². The Morgan fingerprint density at radius 3 is 2.09 bits per heavy atom. The van der Waals surface area contributed by atoms with Gasteiger partial charge in [0.15, 0.2) is 5.11 Å². The molecule has 0 aliphatic rings. The molecule has 0 heterocycles. The quantitative estimate of drug-likeness (QED) is 0.504. The van der Waals surface area contributed by atoms with E-state index in [9.17, 15) is 4.79 Å². The van der Waals surface area contributed by atoms with Crippen LogP contribution in [0.25, 0.3) is 0 Å². The van der Waals surface area contributed by atoms with E-state index >= 15 is 0 Å². The highest BCUT2D eigenvalue weighted by molar-refractivity contribution is 7.80. The maximum absolute atomic E-state index is 11.7. The SMILES string of the molecule is O=C(CCNc1ccccc1)NNC(=S)Nc1ccccc1. The molecular formula is C16H18N4OS. The minimum absolute atomic E-state index is 0.138. The minimum Gasteiger partial charge on any atom is -0.385 e. The molecule has 2 aromatic rings. The topological polar surface area (TPSA) is 65.2 Å². The summed E-state index contributed by atoms with van der Waals surface area (Å²) in [6, 6.07) is 19.2. The average molecular weight is 314 g/mol. The van der Waals surface area contributed by atoms with Crippen LogP contribution in [0.15, 0.2) is 60.7 Å². The van der Waals surface area contributed by atoms with Crippen molar-refractivity contribution in [1.82, 2.24) is 10.9 Å². The Kier molecular flexibility index (Phi) is 6.19. The first-order valence-corrected chi connectivity index (χ1v) is 7.34. The van der Waals surface area contributed by atoms with Gasteiger partial charge in [0.2, 0.25) is 5.91 Å². The number of amides is 1. The van der Waals surface area contributed by atoms with E-state index in [-0.39, 0.29) is 5.91 Å². The number of hydrogen-bond acceptors (Lipinski definition) is 3. The van der Waals surface area contributed by atoms with Crippen LogP contribution in [0, 0.1) is 0 Å². The third-order valence-corrected chi connectivity index (χ3v) is 3.01. The number of hydrogen-bond donors (Lipinski definition) is 4. The predicted molar refractivity (Wildman–Crippen MR) is 93.5 cm³/mol. The molecule has 0 aromatic heterocycles. The molecule has 0 radical (unpaired) electrons. The molecule has 6 heteroatoms. The number of carbonyl (C=O) groups is 1. The zero-order valence-electron chi connectivity index (χ0n) is 12.0. The normalized spacial score (nSPS) is 9.64. The molecule has 0 bridgehead atoms. The molecule has 0 atom stereocenters. The van der Waals surface area contributed by atoms with Gasteiger partial charge < -0.3 is 10.6 Å². The monoisotopic (exact) mass is 314 g/mol. The van der Waals surface area contributed by atoms with Crippen molar-refractivity contribution in [3.8, 4) is 0 Å². The van der Waals surface area contributed by atoms with Crippen molar-refractivity contribution in [1.29, 1.82) is 0 Å². The van der Waals surface area contributed by atoms with Crippen LogP contribution in [-0.2, 0) is 4.79 Å². The van der Waals surface area contributed by atoms with Crippen LogP contribution in [0.3, 0.4) is 0 Å².